The van der Waals surface area contributed by atoms with Crippen molar-refractivity contribution in [2.75, 3.05) is 0 Å². The molecule has 3 aromatic carbocycles. The first-order chi connectivity index (χ1) is 15.6. The van der Waals surface area contributed by atoms with Gasteiger partial charge in [0.15, 0.2) is 0 Å². The summed E-state index contributed by atoms with van der Waals surface area (Å²) in [7, 11) is 0. The van der Waals surface area contributed by atoms with Gasteiger partial charge in [-0.3, -0.25) is 0 Å². The Morgan fingerprint density at radius 3 is 2.30 bits per heavy atom. The van der Waals surface area contributed by atoms with Gasteiger partial charge in [-0.15, -0.1) is 0 Å². The number of carbonyl (C=O) groups is 1. The largest absolute Gasteiger partial charge is 0.416 e. The number of aromatic nitrogens is 1. The van der Waals surface area contributed by atoms with Crippen molar-refractivity contribution < 1.29 is 22.8 Å². The van der Waals surface area contributed by atoms with E-state index in [-0.39, 0.29) is 0 Å². The molecular formula is C27H24F3NO2. The molecule has 0 amide bonds. The van der Waals surface area contributed by atoms with E-state index >= 15 is 0 Å². The molecule has 0 atom stereocenters. The highest BCUT2D eigenvalue weighted by molar-refractivity contribution is 5.89. The number of carbonyl (C=O) groups excluding carboxylic acids is 1. The fraction of sp³-hybridized carbons (Fsp3) is 0.222. The molecule has 0 radical (unpaired) electrons. The van der Waals surface area contributed by atoms with Crippen molar-refractivity contribution in [3.63, 3.8) is 0 Å². The predicted molar refractivity (Wildman–Crippen MR) is 123 cm³/mol. The third-order valence-electron chi connectivity index (χ3n) is 5.64. The molecule has 0 N–H and O–H groups in total. The van der Waals surface area contributed by atoms with Gasteiger partial charge in [0.1, 0.15) is 0 Å². The Balaban J connectivity index is 1.78. The lowest BCUT2D eigenvalue weighted by Crippen LogP contribution is -2.15. The standard InChI is InChI=1S/C27H24F3NO2/c1-17(2)20-9-7-19(8-10-20)13-23-16-31(33-18(3)32)26-12-11-22(15-25(23)26)21-5-4-6-24(14-21)27(28,29)30/h4-12,14-17H,13H2,1-3H3. The minimum absolute atomic E-state index is 0.431. The van der Waals surface area contributed by atoms with Gasteiger partial charge in [0, 0.05) is 18.5 Å². The maximum atomic E-state index is 13.2. The molecule has 33 heavy (non-hydrogen) atoms. The average molecular weight is 451 g/mol. The van der Waals surface area contributed by atoms with E-state index < -0.39 is 17.7 Å². The smallest absolute Gasteiger partial charge is 0.337 e. The van der Waals surface area contributed by atoms with E-state index in [1.165, 1.54) is 23.3 Å². The van der Waals surface area contributed by atoms with E-state index in [1.807, 2.05) is 6.07 Å². The van der Waals surface area contributed by atoms with Gasteiger partial charge in [0.2, 0.25) is 0 Å². The second-order valence-electron chi connectivity index (χ2n) is 8.45. The number of hydrogen-bond donors (Lipinski definition) is 0. The van der Waals surface area contributed by atoms with E-state index in [1.54, 1.807) is 24.4 Å². The number of nitrogens with zero attached hydrogens (tertiary/aromatic N) is 1. The highest BCUT2D eigenvalue weighted by Crippen LogP contribution is 2.34. The number of fused-ring (bicyclic) bond motifs is 1. The molecule has 4 aromatic rings. The van der Waals surface area contributed by atoms with Gasteiger partial charge in [-0.1, -0.05) is 56.3 Å². The summed E-state index contributed by atoms with van der Waals surface area (Å²) in [5.41, 5.74) is 4.36. The van der Waals surface area contributed by atoms with Crippen LogP contribution in [0.4, 0.5) is 13.2 Å². The molecule has 170 valence electrons. The summed E-state index contributed by atoms with van der Waals surface area (Å²) in [6.07, 6.45) is -2.06. The first kappa shape index (κ1) is 22.6. The fourth-order valence-electron chi connectivity index (χ4n) is 3.92. The summed E-state index contributed by atoms with van der Waals surface area (Å²) < 4.78 is 41.0. The third-order valence-corrected chi connectivity index (χ3v) is 5.64. The van der Waals surface area contributed by atoms with Crippen LogP contribution in [-0.2, 0) is 17.4 Å². The first-order valence-electron chi connectivity index (χ1n) is 10.7. The van der Waals surface area contributed by atoms with Crippen LogP contribution in [0.15, 0.2) is 72.9 Å². The molecule has 1 aromatic heterocycles. The van der Waals surface area contributed by atoms with Gasteiger partial charge in [-0.2, -0.15) is 17.9 Å². The second kappa shape index (κ2) is 8.77. The maximum absolute atomic E-state index is 13.2. The molecule has 6 heteroatoms. The van der Waals surface area contributed by atoms with E-state index in [0.717, 1.165) is 28.6 Å². The Morgan fingerprint density at radius 2 is 1.67 bits per heavy atom. The molecule has 0 spiro atoms. The molecule has 0 fully saturated rings. The van der Waals surface area contributed by atoms with Crippen LogP contribution in [0.3, 0.4) is 0 Å². The zero-order valence-corrected chi connectivity index (χ0v) is 18.6. The molecule has 0 unspecified atom stereocenters. The van der Waals surface area contributed by atoms with E-state index in [4.69, 9.17) is 4.84 Å². The molecule has 4 rings (SSSR count). The van der Waals surface area contributed by atoms with Crippen LogP contribution in [0.2, 0.25) is 0 Å². The Morgan fingerprint density at radius 1 is 0.970 bits per heavy atom. The first-order valence-corrected chi connectivity index (χ1v) is 10.7. The van der Waals surface area contributed by atoms with Crippen LogP contribution in [0, 0.1) is 0 Å². The summed E-state index contributed by atoms with van der Waals surface area (Å²) in [6.45, 7) is 5.60. The number of halogens is 3. The van der Waals surface area contributed by atoms with Crippen LogP contribution in [-0.4, -0.2) is 10.7 Å². The van der Waals surface area contributed by atoms with Crippen LogP contribution in [0.1, 0.15) is 48.9 Å². The van der Waals surface area contributed by atoms with E-state index in [9.17, 15) is 18.0 Å². The van der Waals surface area contributed by atoms with Crippen molar-refractivity contribution in [2.45, 2.75) is 39.3 Å². The summed E-state index contributed by atoms with van der Waals surface area (Å²) >= 11 is 0. The zero-order chi connectivity index (χ0) is 23.8. The second-order valence-corrected chi connectivity index (χ2v) is 8.45. The molecule has 3 nitrogen and oxygen atoms in total. The van der Waals surface area contributed by atoms with Gasteiger partial charge >= 0.3 is 12.1 Å². The quantitative estimate of drug-likeness (QED) is 0.327. The fourth-order valence-corrected chi connectivity index (χ4v) is 3.92. The van der Waals surface area contributed by atoms with Crippen molar-refractivity contribution in [1.29, 1.82) is 0 Å². The average Bonchev–Trinajstić information content (AvgIpc) is 3.09. The third kappa shape index (κ3) is 4.95. The van der Waals surface area contributed by atoms with Gasteiger partial charge in [0.05, 0.1) is 11.1 Å². The Kier molecular flexibility index (Phi) is 6.02. The maximum Gasteiger partial charge on any atom is 0.416 e. The summed E-state index contributed by atoms with van der Waals surface area (Å²) in [5.74, 6) is -0.0263. The summed E-state index contributed by atoms with van der Waals surface area (Å²) in [6, 6.07) is 19.0. The molecule has 0 saturated carbocycles. The summed E-state index contributed by atoms with van der Waals surface area (Å²) in [5, 5.41) is 0.819. The molecule has 0 saturated heterocycles. The monoisotopic (exact) mass is 451 g/mol. The van der Waals surface area contributed by atoms with Crippen molar-refractivity contribution in [3.8, 4) is 11.1 Å². The predicted octanol–water partition coefficient (Wildman–Crippen LogP) is 7.02. The molecule has 0 aliphatic carbocycles. The van der Waals surface area contributed by atoms with Crippen molar-refractivity contribution in [1.82, 2.24) is 4.73 Å². The summed E-state index contributed by atoms with van der Waals surface area (Å²) in [4.78, 5) is 16.9. The Bertz CT molecular complexity index is 1300. The minimum atomic E-state index is -4.41. The molecule has 0 aliphatic rings. The highest BCUT2D eigenvalue weighted by Gasteiger charge is 2.30. The number of hydrogen-bond acceptors (Lipinski definition) is 2. The lowest BCUT2D eigenvalue weighted by Gasteiger charge is -2.10. The van der Waals surface area contributed by atoms with Gasteiger partial charge < -0.3 is 4.84 Å². The van der Waals surface area contributed by atoms with Crippen LogP contribution in [0.5, 0.6) is 0 Å². The lowest BCUT2D eigenvalue weighted by molar-refractivity contribution is -0.141. The zero-order valence-electron chi connectivity index (χ0n) is 18.6. The van der Waals surface area contributed by atoms with Crippen LogP contribution < -0.4 is 4.84 Å². The van der Waals surface area contributed by atoms with Crippen LogP contribution in [0.25, 0.3) is 22.0 Å². The normalized spacial score (nSPS) is 11.8. The van der Waals surface area contributed by atoms with Crippen LogP contribution >= 0.6 is 0 Å². The van der Waals surface area contributed by atoms with Gasteiger partial charge in [0.25, 0.3) is 0 Å². The van der Waals surface area contributed by atoms with Crippen molar-refractivity contribution in [3.05, 3.63) is 95.2 Å². The topological polar surface area (TPSA) is 31.2 Å². The number of benzene rings is 3. The minimum Gasteiger partial charge on any atom is -0.337 e. The number of rotatable bonds is 5. The Hall–Kier alpha value is -3.54. The molecule has 1 heterocycles. The van der Waals surface area contributed by atoms with E-state index in [2.05, 4.69) is 38.1 Å². The van der Waals surface area contributed by atoms with E-state index in [0.29, 0.717) is 29.0 Å². The SMILES string of the molecule is CC(=O)On1cc(Cc2ccc(C(C)C)cc2)c2cc(-c3cccc(C(F)(F)F)c3)ccc21. The molecule has 0 aliphatic heterocycles. The molecular weight excluding hydrogens is 427 g/mol. The lowest BCUT2D eigenvalue weighted by atomic mass is 9.97. The molecule has 0 bridgehead atoms. The number of alkyl halides is 3. The van der Waals surface area contributed by atoms with Gasteiger partial charge in [-0.25, -0.2) is 4.79 Å². The van der Waals surface area contributed by atoms with Crippen molar-refractivity contribution >= 4 is 16.9 Å². The van der Waals surface area contributed by atoms with Crippen molar-refractivity contribution in [2.24, 2.45) is 0 Å². The Labute approximate surface area is 190 Å². The van der Waals surface area contributed by atoms with Gasteiger partial charge in [-0.05, 0) is 64.4 Å². The highest BCUT2D eigenvalue weighted by atomic mass is 19.4.